The molecule has 3 aliphatic carbocycles. The molecule has 3 heterocycles. The van der Waals surface area contributed by atoms with Gasteiger partial charge < -0.3 is 10.1 Å². The number of rotatable bonds is 9. The Morgan fingerprint density at radius 3 is 2.75 bits per heavy atom. The minimum Gasteiger partial charge on any atom is -0.477 e. The number of amides is 1. The summed E-state index contributed by atoms with van der Waals surface area (Å²) in [5.41, 5.74) is 1.08. The van der Waals surface area contributed by atoms with Crippen molar-refractivity contribution in [2.24, 2.45) is 11.8 Å². The lowest BCUT2D eigenvalue weighted by Crippen LogP contribution is -2.45. The van der Waals surface area contributed by atoms with E-state index in [4.69, 9.17) is 4.74 Å². The predicted octanol–water partition coefficient (Wildman–Crippen LogP) is 3.35. The molecular formula is C24H26N6O4S2. The number of hydrogen-bond acceptors (Lipinski definition) is 9. The quantitative estimate of drug-likeness (QED) is 0.433. The number of nitrogens with zero attached hydrogens (tertiary/aromatic N) is 4. The highest BCUT2D eigenvalue weighted by atomic mass is 32.2. The molecule has 0 aromatic carbocycles. The summed E-state index contributed by atoms with van der Waals surface area (Å²) < 4.78 is 33.0. The number of hydrogen-bond donors (Lipinski definition) is 2. The normalized spacial score (nSPS) is 24.7. The number of carbonyl (C=O) groups excluding carboxylic acids is 1. The number of sulfonamides is 1. The van der Waals surface area contributed by atoms with Crippen LogP contribution in [0, 0.1) is 11.8 Å². The average Bonchev–Trinajstić information content (AvgIpc) is 3.76. The Kier molecular flexibility index (Phi) is 5.67. The van der Waals surface area contributed by atoms with Gasteiger partial charge in [-0.2, -0.15) is 0 Å². The Labute approximate surface area is 213 Å². The van der Waals surface area contributed by atoms with Crippen LogP contribution in [0.15, 0.2) is 36.9 Å². The van der Waals surface area contributed by atoms with E-state index in [0.29, 0.717) is 64.1 Å². The Hall–Kier alpha value is -3.12. The molecule has 188 valence electrons. The van der Waals surface area contributed by atoms with Crippen LogP contribution in [0.25, 0.3) is 10.6 Å². The van der Waals surface area contributed by atoms with E-state index in [1.807, 2.05) is 6.92 Å². The smallest absolute Gasteiger partial charge is 0.281 e. The first-order valence-electron chi connectivity index (χ1n) is 12.1. The van der Waals surface area contributed by atoms with Gasteiger partial charge in [-0.1, -0.05) is 0 Å². The number of pyridine rings is 1. The van der Waals surface area contributed by atoms with E-state index in [9.17, 15) is 13.2 Å². The third-order valence-electron chi connectivity index (χ3n) is 6.97. The molecule has 3 aromatic rings. The highest BCUT2D eigenvalue weighted by Gasteiger charge is 2.56. The molecule has 2 N–H and O–H groups in total. The van der Waals surface area contributed by atoms with Crippen LogP contribution >= 0.6 is 11.3 Å². The number of fused-ring (bicyclic) bond motifs is 1. The topological polar surface area (TPSA) is 136 Å². The molecule has 3 fully saturated rings. The largest absolute Gasteiger partial charge is 0.477 e. The molecule has 0 spiro atoms. The van der Waals surface area contributed by atoms with Crippen molar-refractivity contribution in [1.82, 2.24) is 25.3 Å². The predicted molar refractivity (Wildman–Crippen MR) is 134 cm³/mol. The molecular weight excluding hydrogens is 500 g/mol. The molecule has 0 bridgehead atoms. The van der Waals surface area contributed by atoms with Gasteiger partial charge in [0.25, 0.3) is 5.91 Å². The van der Waals surface area contributed by atoms with Gasteiger partial charge in [0.2, 0.25) is 15.9 Å². The van der Waals surface area contributed by atoms with E-state index in [1.54, 1.807) is 36.9 Å². The number of nitrogens with one attached hydrogen (secondary N) is 2. The first-order chi connectivity index (χ1) is 17.3. The van der Waals surface area contributed by atoms with Crippen LogP contribution in [-0.2, 0) is 15.6 Å². The van der Waals surface area contributed by atoms with Crippen molar-refractivity contribution in [3.8, 4) is 16.5 Å². The Morgan fingerprint density at radius 1 is 1.19 bits per heavy atom. The summed E-state index contributed by atoms with van der Waals surface area (Å²) in [5, 5.41) is 3.22. The van der Waals surface area contributed by atoms with Crippen LogP contribution in [0.4, 0.5) is 5.69 Å². The average molecular weight is 527 g/mol. The lowest BCUT2D eigenvalue weighted by molar-refractivity contribution is 0.0888. The fourth-order valence-corrected chi connectivity index (χ4v) is 7.14. The molecule has 3 saturated carbocycles. The molecule has 10 nitrogen and oxygen atoms in total. The van der Waals surface area contributed by atoms with Gasteiger partial charge in [0, 0.05) is 12.4 Å². The molecule has 6 rings (SSSR count). The summed E-state index contributed by atoms with van der Waals surface area (Å²) in [6.45, 7) is 2.36. The molecule has 2 atom stereocenters. The minimum atomic E-state index is -3.39. The van der Waals surface area contributed by atoms with Crippen LogP contribution < -0.4 is 14.8 Å². The number of thiazole rings is 1. The molecule has 1 amide bonds. The molecule has 3 aromatic heterocycles. The fraction of sp³-hybridized carbons (Fsp3) is 0.458. The first-order valence-corrected chi connectivity index (χ1v) is 14.4. The first kappa shape index (κ1) is 23.3. The van der Waals surface area contributed by atoms with Crippen LogP contribution in [0.1, 0.15) is 54.5 Å². The van der Waals surface area contributed by atoms with Gasteiger partial charge >= 0.3 is 0 Å². The molecule has 2 unspecified atom stereocenters. The third-order valence-corrected chi connectivity index (χ3v) is 9.86. The van der Waals surface area contributed by atoms with Gasteiger partial charge in [-0.05, 0) is 63.0 Å². The van der Waals surface area contributed by atoms with Gasteiger partial charge in [0.1, 0.15) is 5.69 Å². The van der Waals surface area contributed by atoms with Crippen molar-refractivity contribution in [2.45, 2.75) is 49.8 Å². The number of aromatic nitrogens is 4. The number of anilines is 1. The Bertz CT molecular complexity index is 1410. The van der Waals surface area contributed by atoms with Gasteiger partial charge in [-0.25, -0.2) is 18.4 Å². The highest BCUT2D eigenvalue weighted by molar-refractivity contribution is 7.93. The molecule has 3 aliphatic rings. The van der Waals surface area contributed by atoms with E-state index in [0.717, 1.165) is 19.3 Å². The molecule has 0 saturated heterocycles. The standard InChI is InChI=1S/C24H26N6O4S2/c1-2-34-21-13-25-11-18(28-21)19-12-27-23(35-19)22(31)29-24(9-14-7-15(14)10-24)20-8-16(5-6-26-20)30-36(32,33)17-3-4-17/h5-6,8,11-15,17H,2-4,7,9-10H2,1H3,(H,26,30)(H,29,31). The summed E-state index contributed by atoms with van der Waals surface area (Å²) >= 11 is 1.24. The van der Waals surface area contributed by atoms with E-state index in [-0.39, 0.29) is 11.2 Å². The van der Waals surface area contributed by atoms with E-state index in [2.05, 4.69) is 30.0 Å². The number of ether oxygens (including phenoxy) is 1. The molecule has 0 aliphatic heterocycles. The van der Waals surface area contributed by atoms with Crippen LogP contribution in [0.3, 0.4) is 0 Å². The maximum atomic E-state index is 13.4. The lowest BCUT2D eigenvalue weighted by Gasteiger charge is -2.31. The highest BCUT2D eigenvalue weighted by Crippen LogP contribution is 2.59. The van der Waals surface area contributed by atoms with Gasteiger partial charge in [0.15, 0.2) is 5.01 Å². The van der Waals surface area contributed by atoms with E-state index >= 15 is 0 Å². The second-order valence-corrected chi connectivity index (χ2v) is 12.7. The van der Waals surface area contributed by atoms with Gasteiger partial charge in [-0.3, -0.25) is 19.5 Å². The summed E-state index contributed by atoms with van der Waals surface area (Å²) in [6, 6.07) is 3.41. The fourth-order valence-electron chi connectivity index (χ4n) is 5.00. The van der Waals surface area contributed by atoms with Gasteiger partial charge in [0.05, 0.1) is 46.0 Å². The molecule has 36 heavy (non-hydrogen) atoms. The van der Waals surface area contributed by atoms with Crippen molar-refractivity contribution in [3.63, 3.8) is 0 Å². The Balaban J connectivity index is 1.24. The summed E-state index contributed by atoms with van der Waals surface area (Å²) in [6.07, 6.45) is 10.5. The summed E-state index contributed by atoms with van der Waals surface area (Å²) in [5.74, 6) is 1.22. The maximum absolute atomic E-state index is 13.4. The van der Waals surface area contributed by atoms with Crippen LogP contribution in [0.5, 0.6) is 5.88 Å². The van der Waals surface area contributed by atoms with Crippen molar-refractivity contribution in [2.75, 3.05) is 11.3 Å². The second kappa shape index (κ2) is 8.77. The lowest BCUT2D eigenvalue weighted by atomic mass is 9.88. The molecule has 12 heteroatoms. The molecule has 0 radical (unpaired) electrons. The summed E-state index contributed by atoms with van der Waals surface area (Å²) in [4.78, 5) is 31.6. The Morgan fingerprint density at radius 2 is 2.00 bits per heavy atom. The SMILES string of the molecule is CCOc1cncc(-c2cnc(C(=O)NC3(c4cc(NS(=O)(=O)C5CC5)ccn4)CC4CC4C3)s2)n1. The van der Waals surface area contributed by atoms with Crippen LogP contribution in [-0.4, -0.2) is 46.1 Å². The zero-order chi connectivity index (χ0) is 24.9. The monoisotopic (exact) mass is 526 g/mol. The maximum Gasteiger partial charge on any atom is 0.281 e. The zero-order valence-corrected chi connectivity index (χ0v) is 21.3. The minimum absolute atomic E-state index is 0.285. The van der Waals surface area contributed by atoms with Crippen molar-refractivity contribution < 1.29 is 17.9 Å². The number of carbonyl (C=O) groups is 1. The van der Waals surface area contributed by atoms with Crippen molar-refractivity contribution in [3.05, 3.63) is 47.6 Å². The van der Waals surface area contributed by atoms with E-state index in [1.165, 1.54) is 11.3 Å². The van der Waals surface area contributed by atoms with Crippen LogP contribution in [0.2, 0.25) is 0 Å². The second-order valence-electron chi connectivity index (χ2n) is 9.68. The zero-order valence-electron chi connectivity index (χ0n) is 19.7. The van der Waals surface area contributed by atoms with E-state index < -0.39 is 15.6 Å². The summed E-state index contributed by atoms with van der Waals surface area (Å²) in [7, 11) is -3.39. The third kappa shape index (κ3) is 4.55. The van der Waals surface area contributed by atoms with Crippen molar-refractivity contribution in [1.29, 1.82) is 0 Å². The van der Waals surface area contributed by atoms with Gasteiger partial charge in [-0.15, -0.1) is 11.3 Å². The van der Waals surface area contributed by atoms with Crippen molar-refractivity contribution >= 4 is 33.0 Å².